The van der Waals surface area contributed by atoms with Crippen molar-refractivity contribution in [1.82, 2.24) is 20.1 Å². The molecule has 0 spiro atoms. The molecule has 0 unspecified atom stereocenters. The third kappa shape index (κ3) is 4.75. The summed E-state index contributed by atoms with van der Waals surface area (Å²) < 4.78 is 19.0. The number of piperazine rings is 1. The molecule has 1 saturated carbocycles. The molecule has 1 aliphatic carbocycles. The number of nitrogens with zero attached hydrogens (tertiary/aromatic N) is 2. The Balaban J connectivity index is 1.34. The van der Waals surface area contributed by atoms with Gasteiger partial charge < -0.3 is 19.9 Å². The minimum Gasteiger partial charge on any atom is -0.375 e. The molecule has 168 valence electrons. The molecule has 2 heterocycles. The molecule has 2 aliphatic rings. The summed E-state index contributed by atoms with van der Waals surface area (Å²) in [7, 11) is 1.54. The predicted molar refractivity (Wildman–Crippen MR) is 117 cm³/mol. The van der Waals surface area contributed by atoms with Gasteiger partial charge in [0.15, 0.2) is 0 Å². The monoisotopic (exact) mass is 430 g/mol. The van der Waals surface area contributed by atoms with Gasteiger partial charge in [-0.05, 0) is 50.3 Å². The van der Waals surface area contributed by atoms with Crippen LogP contribution < -0.4 is 5.32 Å². The lowest BCUT2D eigenvalue weighted by Gasteiger charge is -2.42. The van der Waals surface area contributed by atoms with Gasteiger partial charge in [0.1, 0.15) is 18.1 Å². The fourth-order valence-electron chi connectivity index (χ4n) is 4.89. The van der Waals surface area contributed by atoms with Crippen LogP contribution in [0, 0.1) is 12.7 Å². The summed E-state index contributed by atoms with van der Waals surface area (Å²) in [6, 6.07) is 5.24. The smallest absolute Gasteiger partial charge is 0.267 e. The predicted octanol–water partition coefficient (Wildman–Crippen LogP) is 2.45. The molecule has 2 atom stereocenters. The van der Waals surface area contributed by atoms with E-state index in [1.165, 1.54) is 13.2 Å². The van der Waals surface area contributed by atoms with Crippen LogP contribution in [0.5, 0.6) is 0 Å². The zero-order chi connectivity index (χ0) is 22.0. The van der Waals surface area contributed by atoms with E-state index in [0.29, 0.717) is 22.6 Å². The molecular weight excluding hydrogens is 399 g/mol. The third-order valence-corrected chi connectivity index (χ3v) is 6.63. The number of aromatic amines is 1. The first-order valence-corrected chi connectivity index (χ1v) is 11.1. The van der Waals surface area contributed by atoms with Crippen LogP contribution in [0.25, 0.3) is 10.9 Å². The van der Waals surface area contributed by atoms with E-state index in [9.17, 15) is 14.0 Å². The molecule has 2 aromatic rings. The number of ether oxygens (including phenoxy) is 1. The molecule has 1 aliphatic heterocycles. The number of amides is 2. The molecule has 1 aromatic carbocycles. The second-order valence-corrected chi connectivity index (χ2v) is 8.68. The molecule has 7 nitrogen and oxygen atoms in total. The van der Waals surface area contributed by atoms with E-state index in [-0.39, 0.29) is 30.3 Å². The van der Waals surface area contributed by atoms with Gasteiger partial charge in [0.25, 0.3) is 5.91 Å². The van der Waals surface area contributed by atoms with E-state index < -0.39 is 0 Å². The van der Waals surface area contributed by atoms with Crippen LogP contribution in [0.2, 0.25) is 0 Å². The van der Waals surface area contributed by atoms with E-state index in [1.807, 2.05) is 11.8 Å². The first-order valence-electron chi connectivity index (χ1n) is 11.1. The van der Waals surface area contributed by atoms with Crippen LogP contribution in [-0.2, 0) is 9.53 Å². The number of halogens is 1. The highest BCUT2D eigenvalue weighted by Crippen LogP contribution is 2.26. The number of methoxy groups -OCH3 is 1. The zero-order valence-electron chi connectivity index (χ0n) is 18.2. The number of carbonyl (C=O) groups is 2. The highest BCUT2D eigenvalue weighted by atomic mass is 19.1. The number of rotatable bonds is 5. The van der Waals surface area contributed by atoms with Crippen LogP contribution in [0.4, 0.5) is 4.39 Å². The largest absolute Gasteiger partial charge is 0.375 e. The molecule has 1 aromatic heterocycles. The number of H-pyrrole nitrogens is 1. The van der Waals surface area contributed by atoms with Crippen molar-refractivity contribution < 1.29 is 18.7 Å². The second-order valence-electron chi connectivity index (χ2n) is 8.68. The Morgan fingerprint density at radius 1 is 1.23 bits per heavy atom. The van der Waals surface area contributed by atoms with Crippen molar-refractivity contribution >= 4 is 22.7 Å². The summed E-state index contributed by atoms with van der Waals surface area (Å²) >= 11 is 0. The summed E-state index contributed by atoms with van der Waals surface area (Å²) in [5.74, 6) is -0.465. The van der Waals surface area contributed by atoms with Crippen molar-refractivity contribution in [2.45, 2.75) is 44.7 Å². The Kier molecular flexibility index (Phi) is 6.57. The lowest BCUT2D eigenvalue weighted by atomic mass is 9.89. The quantitative estimate of drug-likeness (QED) is 0.764. The van der Waals surface area contributed by atoms with Gasteiger partial charge in [0.05, 0.1) is 5.52 Å². The molecule has 2 amide bonds. The Labute approximate surface area is 181 Å². The van der Waals surface area contributed by atoms with E-state index in [1.54, 1.807) is 12.1 Å². The van der Waals surface area contributed by atoms with Gasteiger partial charge in [-0.2, -0.15) is 0 Å². The Hall–Kier alpha value is -2.45. The highest BCUT2D eigenvalue weighted by molar-refractivity contribution is 5.99. The standard InChI is InChI=1S/C23H31FN4O3/c1-15-6-7-19(24)18-13-20(26-22(15)18)23(30)25-16-4-3-5-17(12-16)27-8-10-28(11-9-27)21(29)14-31-2/h6-7,13,16-17,26H,3-5,8-12,14H2,1-2H3,(H,25,30)/t16-,17-/m1/s1. The molecule has 0 radical (unpaired) electrons. The maximum atomic E-state index is 14.1. The molecule has 31 heavy (non-hydrogen) atoms. The molecule has 2 fully saturated rings. The van der Waals surface area contributed by atoms with E-state index in [0.717, 1.165) is 57.4 Å². The minimum atomic E-state index is -0.322. The minimum absolute atomic E-state index is 0.0425. The molecule has 4 rings (SSSR count). The number of benzene rings is 1. The number of aromatic nitrogens is 1. The van der Waals surface area contributed by atoms with Crippen molar-refractivity contribution in [3.8, 4) is 0 Å². The summed E-state index contributed by atoms with van der Waals surface area (Å²) in [6.45, 7) is 5.16. The molecule has 8 heteroatoms. The Morgan fingerprint density at radius 3 is 2.71 bits per heavy atom. The topological polar surface area (TPSA) is 77.7 Å². The first kappa shape index (κ1) is 21.8. The summed E-state index contributed by atoms with van der Waals surface area (Å²) in [4.78, 5) is 32.2. The Bertz CT molecular complexity index is 913. The van der Waals surface area contributed by atoms with Gasteiger partial charge in [0.2, 0.25) is 5.91 Å². The maximum Gasteiger partial charge on any atom is 0.267 e. The van der Waals surface area contributed by atoms with Gasteiger partial charge in [-0.1, -0.05) is 6.07 Å². The summed E-state index contributed by atoms with van der Waals surface area (Å²) in [5.41, 5.74) is 1.99. The lowest BCUT2D eigenvalue weighted by Crippen LogP contribution is -2.54. The van der Waals surface area contributed by atoms with Crippen molar-refractivity contribution in [3.05, 3.63) is 35.3 Å². The van der Waals surface area contributed by atoms with Gasteiger partial charge in [-0.15, -0.1) is 0 Å². The summed E-state index contributed by atoms with van der Waals surface area (Å²) in [5, 5.41) is 3.60. The van der Waals surface area contributed by atoms with Crippen molar-refractivity contribution in [2.24, 2.45) is 0 Å². The fourth-order valence-corrected chi connectivity index (χ4v) is 4.89. The van der Waals surface area contributed by atoms with E-state index >= 15 is 0 Å². The van der Waals surface area contributed by atoms with E-state index in [2.05, 4.69) is 15.2 Å². The van der Waals surface area contributed by atoms with Crippen molar-refractivity contribution in [2.75, 3.05) is 39.9 Å². The van der Waals surface area contributed by atoms with Crippen LogP contribution >= 0.6 is 0 Å². The normalized spacial score (nSPS) is 22.6. The average Bonchev–Trinajstić information content (AvgIpc) is 3.24. The molecular formula is C23H31FN4O3. The molecule has 1 saturated heterocycles. The highest BCUT2D eigenvalue weighted by Gasteiger charge is 2.31. The van der Waals surface area contributed by atoms with Crippen LogP contribution in [0.3, 0.4) is 0 Å². The zero-order valence-corrected chi connectivity index (χ0v) is 18.2. The number of nitrogens with one attached hydrogen (secondary N) is 2. The van der Waals surface area contributed by atoms with Gasteiger partial charge >= 0.3 is 0 Å². The van der Waals surface area contributed by atoms with Crippen molar-refractivity contribution in [1.29, 1.82) is 0 Å². The van der Waals surface area contributed by atoms with E-state index in [4.69, 9.17) is 4.74 Å². The van der Waals surface area contributed by atoms with Gasteiger partial charge in [-0.3, -0.25) is 14.5 Å². The van der Waals surface area contributed by atoms with Crippen LogP contribution in [0.1, 0.15) is 41.7 Å². The number of hydrogen-bond donors (Lipinski definition) is 2. The fraction of sp³-hybridized carbons (Fsp3) is 0.565. The number of aryl methyl sites for hydroxylation is 1. The van der Waals surface area contributed by atoms with Crippen molar-refractivity contribution in [3.63, 3.8) is 0 Å². The maximum absolute atomic E-state index is 14.1. The third-order valence-electron chi connectivity index (χ3n) is 6.63. The molecule has 0 bridgehead atoms. The van der Waals surface area contributed by atoms with Gasteiger partial charge in [-0.25, -0.2) is 4.39 Å². The number of carbonyl (C=O) groups excluding carboxylic acids is 2. The molecule has 2 N–H and O–H groups in total. The SMILES string of the molecule is COCC(=O)N1CCN([C@@H]2CCC[C@@H](NC(=O)c3cc4c(F)ccc(C)c4[nH]3)C2)CC1. The van der Waals surface area contributed by atoms with Crippen LogP contribution in [-0.4, -0.2) is 78.6 Å². The van der Waals surface area contributed by atoms with Gasteiger partial charge in [0, 0.05) is 50.8 Å². The van der Waals surface area contributed by atoms with Crippen LogP contribution in [0.15, 0.2) is 18.2 Å². The average molecular weight is 431 g/mol. The lowest BCUT2D eigenvalue weighted by molar-refractivity contribution is -0.137. The summed E-state index contributed by atoms with van der Waals surface area (Å²) in [6.07, 6.45) is 4.00. The number of fused-ring (bicyclic) bond motifs is 1. The Morgan fingerprint density at radius 2 is 2.00 bits per heavy atom. The first-order chi connectivity index (χ1) is 15.0. The number of hydrogen-bond acceptors (Lipinski definition) is 4. The second kappa shape index (κ2) is 9.36.